The van der Waals surface area contributed by atoms with Gasteiger partial charge in [-0.3, -0.25) is 4.57 Å². The van der Waals surface area contributed by atoms with Gasteiger partial charge in [-0.15, -0.1) is 0 Å². The molecule has 0 radical (unpaired) electrons. The first-order chi connectivity index (χ1) is 8.00. The molecule has 2 aromatic rings. The topological polar surface area (TPSA) is 56.9 Å². The summed E-state index contributed by atoms with van der Waals surface area (Å²) in [5, 5.41) is 0.540. The van der Waals surface area contributed by atoms with Crippen LogP contribution in [-0.2, 0) is 7.05 Å². The molecule has 1 aromatic heterocycles. The molecule has 0 aliphatic rings. The molecule has 0 unspecified atom stereocenters. The standard InChI is InChI=1S/C11H10ClN3O2/c1-7-13-10(16)15(11(17)14(7)2)9-5-3-8(12)4-6-9/h3-6H,1-2H3. The van der Waals surface area contributed by atoms with E-state index in [1.165, 1.54) is 4.57 Å². The Labute approximate surface area is 102 Å². The Morgan fingerprint density at radius 3 is 2.35 bits per heavy atom. The first-order valence-corrected chi connectivity index (χ1v) is 5.31. The van der Waals surface area contributed by atoms with Crippen molar-refractivity contribution in [2.45, 2.75) is 6.92 Å². The summed E-state index contributed by atoms with van der Waals surface area (Å²) >= 11 is 5.75. The van der Waals surface area contributed by atoms with Crippen LogP contribution in [0.2, 0.25) is 5.02 Å². The molecule has 2 rings (SSSR count). The maximum absolute atomic E-state index is 11.9. The van der Waals surface area contributed by atoms with Gasteiger partial charge >= 0.3 is 11.4 Å². The number of aryl methyl sites for hydroxylation is 1. The van der Waals surface area contributed by atoms with Gasteiger partial charge in [0.15, 0.2) is 0 Å². The maximum Gasteiger partial charge on any atom is 0.358 e. The zero-order valence-corrected chi connectivity index (χ0v) is 10.1. The summed E-state index contributed by atoms with van der Waals surface area (Å²) in [6.45, 7) is 1.61. The highest BCUT2D eigenvalue weighted by molar-refractivity contribution is 6.30. The summed E-state index contributed by atoms with van der Waals surface area (Å²) in [7, 11) is 1.57. The minimum Gasteiger partial charge on any atom is -0.284 e. The summed E-state index contributed by atoms with van der Waals surface area (Å²) < 4.78 is 2.32. The van der Waals surface area contributed by atoms with Gasteiger partial charge in [-0.25, -0.2) is 14.2 Å². The molecule has 0 saturated heterocycles. The summed E-state index contributed by atoms with van der Waals surface area (Å²) in [6, 6.07) is 6.43. The zero-order chi connectivity index (χ0) is 12.6. The van der Waals surface area contributed by atoms with Gasteiger partial charge in [0.05, 0.1) is 5.69 Å². The Morgan fingerprint density at radius 1 is 1.18 bits per heavy atom. The quantitative estimate of drug-likeness (QED) is 0.757. The summed E-state index contributed by atoms with van der Waals surface area (Å²) in [5.41, 5.74) is -0.565. The van der Waals surface area contributed by atoms with Crippen LogP contribution in [0.25, 0.3) is 5.69 Å². The van der Waals surface area contributed by atoms with Gasteiger partial charge in [-0.2, -0.15) is 4.98 Å². The van der Waals surface area contributed by atoms with E-state index in [1.54, 1.807) is 38.2 Å². The van der Waals surface area contributed by atoms with Gasteiger partial charge in [0.1, 0.15) is 5.82 Å². The fourth-order valence-corrected chi connectivity index (χ4v) is 1.57. The van der Waals surface area contributed by atoms with Crippen molar-refractivity contribution in [2.75, 3.05) is 0 Å². The third-order valence-corrected chi connectivity index (χ3v) is 2.75. The minimum atomic E-state index is -0.590. The minimum absolute atomic E-state index is 0.380. The summed E-state index contributed by atoms with van der Waals surface area (Å²) in [5.74, 6) is 0.380. The lowest BCUT2D eigenvalue weighted by Crippen LogP contribution is -2.40. The van der Waals surface area contributed by atoms with E-state index in [9.17, 15) is 9.59 Å². The number of rotatable bonds is 1. The lowest BCUT2D eigenvalue weighted by Gasteiger charge is -2.07. The van der Waals surface area contributed by atoms with E-state index in [2.05, 4.69) is 4.98 Å². The van der Waals surface area contributed by atoms with Gasteiger partial charge in [-0.05, 0) is 31.2 Å². The molecule has 0 aliphatic heterocycles. The molecule has 0 spiro atoms. The van der Waals surface area contributed by atoms with Crippen LogP contribution in [0.3, 0.4) is 0 Å². The highest BCUT2D eigenvalue weighted by Crippen LogP contribution is 2.10. The highest BCUT2D eigenvalue weighted by atomic mass is 35.5. The van der Waals surface area contributed by atoms with Gasteiger partial charge < -0.3 is 0 Å². The molecule has 0 aliphatic carbocycles. The first kappa shape index (κ1) is 11.6. The molecule has 88 valence electrons. The third-order valence-electron chi connectivity index (χ3n) is 2.50. The van der Waals surface area contributed by atoms with Gasteiger partial charge in [0, 0.05) is 12.1 Å². The van der Waals surface area contributed by atoms with E-state index >= 15 is 0 Å². The normalized spacial score (nSPS) is 10.5. The Morgan fingerprint density at radius 2 is 1.76 bits per heavy atom. The van der Waals surface area contributed by atoms with Crippen molar-refractivity contribution >= 4 is 11.6 Å². The molecular formula is C11H10ClN3O2. The fraction of sp³-hybridized carbons (Fsp3) is 0.182. The fourth-order valence-electron chi connectivity index (χ4n) is 1.44. The number of halogens is 1. The number of hydrogen-bond donors (Lipinski definition) is 0. The van der Waals surface area contributed by atoms with Crippen molar-refractivity contribution in [3.8, 4) is 5.69 Å². The molecule has 1 aromatic carbocycles. The highest BCUT2D eigenvalue weighted by Gasteiger charge is 2.08. The molecule has 1 heterocycles. The molecule has 17 heavy (non-hydrogen) atoms. The van der Waals surface area contributed by atoms with E-state index in [-0.39, 0.29) is 0 Å². The molecular weight excluding hydrogens is 242 g/mol. The number of benzene rings is 1. The lowest BCUT2D eigenvalue weighted by molar-refractivity contribution is 0.662. The monoisotopic (exact) mass is 251 g/mol. The van der Waals surface area contributed by atoms with E-state index in [1.807, 2.05) is 0 Å². The maximum atomic E-state index is 11.9. The second kappa shape index (κ2) is 4.18. The molecule has 0 amide bonds. The van der Waals surface area contributed by atoms with Gasteiger partial charge in [0.25, 0.3) is 0 Å². The van der Waals surface area contributed by atoms with E-state index in [0.717, 1.165) is 4.57 Å². The van der Waals surface area contributed by atoms with Gasteiger partial charge in [0.2, 0.25) is 0 Å². The van der Waals surface area contributed by atoms with Crippen molar-refractivity contribution in [1.82, 2.24) is 14.1 Å². The average molecular weight is 252 g/mol. The van der Waals surface area contributed by atoms with Crippen LogP contribution in [0, 0.1) is 6.92 Å². The van der Waals surface area contributed by atoms with E-state index in [0.29, 0.717) is 16.5 Å². The van der Waals surface area contributed by atoms with Crippen molar-refractivity contribution in [1.29, 1.82) is 0 Å². The van der Waals surface area contributed by atoms with Crippen LogP contribution < -0.4 is 11.4 Å². The van der Waals surface area contributed by atoms with Crippen molar-refractivity contribution in [2.24, 2.45) is 7.05 Å². The Hall–Kier alpha value is -1.88. The third kappa shape index (κ3) is 2.01. The van der Waals surface area contributed by atoms with Crippen LogP contribution >= 0.6 is 11.6 Å². The largest absolute Gasteiger partial charge is 0.358 e. The van der Waals surface area contributed by atoms with Crippen LogP contribution in [0.4, 0.5) is 0 Å². The molecule has 6 heteroatoms. The predicted molar refractivity (Wildman–Crippen MR) is 64.8 cm³/mol. The van der Waals surface area contributed by atoms with Crippen molar-refractivity contribution < 1.29 is 0 Å². The first-order valence-electron chi connectivity index (χ1n) is 4.93. The number of aromatic nitrogens is 3. The second-order valence-corrected chi connectivity index (χ2v) is 4.03. The SMILES string of the molecule is Cc1nc(=O)n(-c2ccc(Cl)cc2)c(=O)n1C. The van der Waals surface area contributed by atoms with Crippen LogP contribution in [0.5, 0.6) is 0 Å². The number of hydrogen-bond acceptors (Lipinski definition) is 3. The van der Waals surface area contributed by atoms with E-state index in [4.69, 9.17) is 11.6 Å². The van der Waals surface area contributed by atoms with Crippen molar-refractivity contribution in [3.05, 3.63) is 56.1 Å². The molecule has 0 atom stereocenters. The lowest BCUT2D eigenvalue weighted by atomic mass is 10.3. The van der Waals surface area contributed by atoms with E-state index < -0.39 is 11.4 Å². The number of nitrogens with zero attached hydrogens (tertiary/aromatic N) is 3. The summed E-state index contributed by atoms with van der Waals surface area (Å²) in [6.07, 6.45) is 0. The van der Waals surface area contributed by atoms with Crippen LogP contribution in [0.1, 0.15) is 5.82 Å². The Kier molecular flexibility index (Phi) is 2.85. The molecule has 0 fully saturated rings. The molecule has 0 N–H and O–H groups in total. The predicted octanol–water partition coefficient (Wildman–Crippen LogP) is 0.893. The second-order valence-electron chi connectivity index (χ2n) is 3.60. The average Bonchev–Trinajstić information content (AvgIpc) is 2.29. The van der Waals surface area contributed by atoms with Crippen LogP contribution in [-0.4, -0.2) is 14.1 Å². The molecule has 5 nitrogen and oxygen atoms in total. The Bertz CT molecular complexity index is 671. The van der Waals surface area contributed by atoms with Crippen molar-refractivity contribution in [3.63, 3.8) is 0 Å². The molecule has 0 bridgehead atoms. The molecule has 0 saturated carbocycles. The summed E-state index contributed by atoms with van der Waals surface area (Å²) in [4.78, 5) is 27.4. The smallest absolute Gasteiger partial charge is 0.284 e. The Balaban J connectivity index is 2.77. The zero-order valence-electron chi connectivity index (χ0n) is 9.35. The van der Waals surface area contributed by atoms with Crippen LogP contribution in [0.15, 0.2) is 33.9 Å². The van der Waals surface area contributed by atoms with Gasteiger partial charge in [-0.1, -0.05) is 11.6 Å².